The van der Waals surface area contributed by atoms with Crippen LogP contribution in [-0.2, 0) is 6.42 Å². The molecule has 0 bridgehead atoms. The first-order valence-corrected chi connectivity index (χ1v) is 7.45. The first-order valence-electron chi connectivity index (χ1n) is 6.29. The van der Waals surface area contributed by atoms with E-state index in [0.29, 0.717) is 6.54 Å². The Balaban J connectivity index is 2.19. The molecule has 0 spiro atoms. The van der Waals surface area contributed by atoms with E-state index in [1.54, 1.807) is 7.11 Å². The molecule has 3 heteroatoms. The van der Waals surface area contributed by atoms with Gasteiger partial charge in [0.05, 0.1) is 7.11 Å². The maximum absolute atomic E-state index is 5.65. The molecule has 0 atom stereocenters. The number of methoxy groups -OCH3 is 1. The van der Waals surface area contributed by atoms with Crippen LogP contribution in [0.5, 0.6) is 5.75 Å². The van der Waals surface area contributed by atoms with Crippen LogP contribution in [0, 0.1) is 0 Å². The second kappa shape index (κ2) is 6.31. The molecule has 1 fully saturated rings. The lowest BCUT2D eigenvalue weighted by Gasteiger charge is -2.22. The minimum atomic E-state index is 0.681. The molecule has 1 aromatic carbocycles. The van der Waals surface area contributed by atoms with E-state index in [4.69, 9.17) is 10.5 Å². The van der Waals surface area contributed by atoms with Gasteiger partial charge in [-0.05, 0) is 60.4 Å². The van der Waals surface area contributed by atoms with Gasteiger partial charge in [-0.3, -0.25) is 0 Å². The highest BCUT2D eigenvalue weighted by Gasteiger charge is 2.16. The van der Waals surface area contributed by atoms with E-state index in [9.17, 15) is 0 Å². The summed E-state index contributed by atoms with van der Waals surface area (Å²) in [6.45, 7) is 0.681. The lowest BCUT2D eigenvalue weighted by Crippen LogP contribution is -2.09. The van der Waals surface area contributed by atoms with Crippen molar-refractivity contribution in [2.75, 3.05) is 25.2 Å². The summed E-state index contributed by atoms with van der Waals surface area (Å²) in [5.41, 5.74) is 8.38. The fourth-order valence-corrected chi connectivity index (χ4v) is 3.54. The highest BCUT2D eigenvalue weighted by atomic mass is 32.2. The summed E-state index contributed by atoms with van der Waals surface area (Å²) < 4.78 is 5.38. The quantitative estimate of drug-likeness (QED) is 0.893. The molecule has 0 amide bonds. The molecule has 17 heavy (non-hydrogen) atoms. The fourth-order valence-electron chi connectivity index (χ4n) is 2.43. The van der Waals surface area contributed by atoms with Crippen LogP contribution in [0.1, 0.15) is 29.9 Å². The molecule has 2 nitrogen and oxygen atoms in total. The molecule has 2 N–H and O–H groups in total. The first-order chi connectivity index (χ1) is 8.35. The number of hydrogen-bond acceptors (Lipinski definition) is 3. The third kappa shape index (κ3) is 3.17. The SMILES string of the molecule is COc1ccc(C2CCSCC2)cc1CCN. The highest BCUT2D eigenvalue weighted by molar-refractivity contribution is 7.99. The summed E-state index contributed by atoms with van der Waals surface area (Å²) in [7, 11) is 1.73. The molecule has 0 radical (unpaired) electrons. The van der Waals surface area contributed by atoms with E-state index >= 15 is 0 Å². The maximum atomic E-state index is 5.65. The molecule has 1 saturated heterocycles. The van der Waals surface area contributed by atoms with Crippen LogP contribution in [0.2, 0.25) is 0 Å². The Hall–Kier alpha value is -0.670. The monoisotopic (exact) mass is 251 g/mol. The van der Waals surface area contributed by atoms with Gasteiger partial charge in [-0.25, -0.2) is 0 Å². The Bertz CT molecular complexity index is 361. The van der Waals surface area contributed by atoms with Gasteiger partial charge in [-0.2, -0.15) is 11.8 Å². The molecular weight excluding hydrogens is 230 g/mol. The van der Waals surface area contributed by atoms with Crippen LogP contribution in [0.3, 0.4) is 0 Å². The van der Waals surface area contributed by atoms with Crippen molar-refractivity contribution in [3.63, 3.8) is 0 Å². The summed E-state index contributed by atoms with van der Waals surface area (Å²) in [4.78, 5) is 0. The van der Waals surface area contributed by atoms with E-state index in [0.717, 1.165) is 18.1 Å². The van der Waals surface area contributed by atoms with Crippen LogP contribution in [0.4, 0.5) is 0 Å². The Morgan fingerprint density at radius 3 is 2.76 bits per heavy atom. The molecule has 1 aromatic rings. The summed E-state index contributed by atoms with van der Waals surface area (Å²) >= 11 is 2.07. The number of thioether (sulfide) groups is 1. The second-order valence-corrected chi connectivity index (χ2v) is 5.72. The molecule has 0 aromatic heterocycles. The van der Waals surface area contributed by atoms with Crippen molar-refractivity contribution in [3.8, 4) is 5.75 Å². The standard InChI is InChI=1S/C14H21NOS/c1-16-14-3-2-12(10-13(14)4-7-15)11-5-8-17-9-6-11/h2-3,10-11H,4-9,15H2,1H3. The van der Waals surface area contributed by atoms with Gasteiger partial charge in [-0.1, -0.05) is 12.1 Å². The molecule has 0 saturated carbocycles. The van der Waals surface area contributed by atoms with Crippen LogP contribution in [0.15, 0.2) is 18.2 Å². The number of hydrogen-bond donors (Lipinski definition) is 1. The van der Waals surface area contributed by atoms with Gasteiger partial charge in [-0.15, -0.1) is 0 Å². The van der Waals surface area contributed by atoms with Crippen molar-refractivity contribution >= 4 is 11.8 Å². The zero-order chi connectivity index (χ0) is 12.1. The van der Waals surface area contributed by atoms with E-state index in [-0.39, 0.29) is 0 Å². The van der Waals surface area contributed by atoms with Crippen LogP contribution in [0.25, 0.3) is 0 Å². The summed E-state index contributed by atoms with van der Waals surface area (Å²) in [6.07, 6.45) is 3.51. The van der Waals surface area contributed by atoms with Gasteiger partial charge >= 0.3 is 0 Å². The van der Waals surface area contributed by atoms with Crippen molar-refractivity contribution in [3.05, 3.63) is 29.3 Å². The molecule has 1 aliphatic rings. The minimum Gasteiger partial charge on any atom is -0.496 e. The summed E-state index contributed by atoms with van der Waals surface area (Å²) in [5, 5.41) is 0. The lowest BCUT2D eigenvalue weighted by molar-refractivity contribution is 0.409. The van der Waals surface area contributed by atoms with E-state index in [1.165, 1.54) is 35.5 Å². The van der Waals surface area contributed by atoms with Crippen LogP contribution in [-0.4, -0.2) is 25.2 Å². The third-order valence-corrected chi connectivity index (χ3v) is 4.46. The van der Waals surface area contributed by atoms with Crippen molar-refractivity contribution in [2.24, 2.45) is 5.73 Å². The predicted molar refractivity (Wildman–Crippen MR) is 75.1 cm³/mol. The van der Waals surface area contributed by atoms with Crippen molar-refractivity contribution in [2.45, 2.75) is 25.2 Å². The van der Waals surface area contributed by atoms with Crippen molar-refractivity contribution in [1.29, 1.82) is 0 Å². The van der Waals surface area contributed by atoms with Gasteiger partial charge in [0.15, 0.2) is 0 Å². The van der Waals surface area contributed by atoms with Gasteiger partial charge in [0.1, 0.15) is 5.75 Å². The van der Waals surface area contributed by atoms with Crippen molar-refractivity contribution < 1.29 is 4.74 Å². The molecular formula is C14H21NOS. The van der Waals surface area contributed by atoms with Crippen LogP contribution < -0.4 is 10.5 Å². The second-order valence-electron chi connectivity index (χ2n) is 4.50. The number of ether oxygens (including phenoxy) is 1. The summed E-state index contributed by atoms with van der Waals surface area (Å²) in [6, 6.07) is 6.62. The molecule has 94 valence electrons. The Morgan fingerprint density at radius 2 is 2.12 bits per heavy atom. The summed E-state index contributed by atoms with van der Waals surface area (Å²) in [5.74, 6) is 4.30. The number of benzene rings is 1. The largest absolute Gasteiger partial charge is 0.496 e. The Morgan fingerprint density at radius 1 is 1.35 bits per heavy atom. The average Bonchev–Trinajstić information content (AvgIpc) is 2.40. The van der Waals surface area contributed by atoms with Gasteiger partial charge in [0.2, 0.25) is 0 Å². The highest BCUT2D eigenvalue weighted by Crippen LogP contribution is 2.33. The van der Waals surface area contributed by atoms with Crippen LogP contribution >= 0.6 is 11.8 Å². The Labute approximate surface area is 108 Å². The van der Waals surface area contributed by atoms with Gasteiger partial charge in [0, 0.05) is 0 Å². The fraction of sp³-hybridized carbons (Fsp3) is 0.571. The molecule has 1 aliphatic heterocycles. The average molecular weight is 251 g/mol. The van der Waals surface area contributed by atoms with Crippen molar-refractivity contribution in [1.82, 2.24) is 0 Å². The topological polar surface area (TPSA) is 35.2 Å². The molecule has 0 unspecified atom stereocenters. The zero-order valence-corrected chi connectivity index (χ0v) is 11.3. The molecule has 2 rings (SSSR count). The lowest BCUT2D eigenvalue weighted by atomic mass is 9.91. The normalized spacial score (nSPS) is 17.1. The van der Waals surface area contributed by atoms with Gasteiger partial charge in [0.25, 0.3) is 0 Å². The minimum absolute atomic E-state index is 0.681. The third-order valence-electron chi connectivity index (χ3n) is 3.41. The predicted octanol–water partition coefficient (Wildman–Crippen LogP) is 2.81. The van der Waals surface area contributed by atoms with Gasteiger partial charge < -0.3 is 10.5 Å². The molecule has 1 heterocycles. The first kappa shape index (κ1) is 12.8. The van der Waals surface area contributed by atoms with E-state index in [1.807, 2.05) is 0 Å². The van der Waals surface area contributed by atoms with E-state index < -0.39 is 0 Å². The smallest absolute Gasteiger partial charge is 0.122 e. The van der Waals surface area contributed by atoms with E-state index in [2.05, 4.69) is 30.0 Å². The molecule has 0 aliphatic carbocycles. The maximum Gasteiger partial charge on any atom is 0.122 e. The number of rotatable bonds is 4. The zero-order valence-electron chi connectivity index (χ0n) is 10.4. The Kier molecular flexibility index (Phi) is 4.75. The number of nitrogens with two attached hydrogens (primary N) is 1.